The maximum atomic E-state index is 13.2. The number of nitrogens with two attached hydrogens (primary N) is 2. The van der Waals surface area contributed by atoms with E-state index >= 15 is 0 Å². The highest BCUT2D eigenvalue weighted by atomic mass is 16.6. The summed E-state index contributed by atoms with van der Waals surface area (Å²) in [7, 11) is 0. The fourth-order valence-corrected chi connectivity index (χ4v) is 4.70. The van der Waals surface area contributed by atoms with Gasteiger partial charge in [0.1, 0.15) is 43.0 Å². The highest BCUT2D eigenvalue weighted by Crippen LogP contribution is 2.27. The van der Waals surface area contributed by atoms with Crippen molar-refractivity contribution in [1.82, 2.24) is 15.5 Å². The molecule has 256 valence electrons. The predicted octanol–water partition coefficient (Wildman–Crippen LogP) is -2.51. The number of rotatable bonds is 16. The van der Waals surface area contributed by atoms with Crippen LogP contribution in [0.3, 0.4) is 0 Å². The van der Waals surface area contributed by atoms with Crippen LogP contribution in [0.5, 0.6) is 0 Å². The zero-order valence-corrected chi connectivity index (χ0v) is 26.0. The largest absolute Gasteiger partial charge is 0.479 e. The number of amides is 4. The minimum Gasteiger partial charge on any atom is -0.479 e. The lowest BCUT2D eigenvalue weighted by atomic mass is 9.94. The molecular formula is C29H43N5O12. The normalized spacial score (nSPS) is 23.6. The highest BCUT2D eigenvalue weighted by Gasteiger charge is 2.49. The van der Waals surface area contributed by atoms with Crippen molar-refractivity contribution in [2.45, 2.75) is 102 Å². The third-order valence-corrected chi connectivity index (χ3v) is 7.34. The maximum Gasteiger partial charge on any atom is 0.332 e. The molecule has 17 nitrogen and oxygen atoms in total. The second-order valence-corrected chi connectivity index (χ2v) is 10.9. The van der Waals surface area contributed by atoms with Crippen LogP contribution in [0.1, 0.15) is 46.1 Å². The van der Waals surface area contributed by atoms with Gasteiger partial charge < -0.3 is 56.5 Å². The molecule has 9 N–H and O–H groups in total. The van der Waals surface area contributed by atoms with Crippen LogP contribution in [0.15, 0.2) is 30.3 Å². The first kappa shape index (κ1) is 38.0. The number of ether oxygens (including phenoxy) is 3. The average Bonchev–Trinajstić information content (AvgIpc) is 3.00. The standard InChI is InChI=1S/C29H43N5O12/c1-14(29(43)44-13-18-8-6-5-7-9-18)32-21(37)11-10-19(25(31)39)33-26(40)15(2)34(17(4)36)27-22(30)24(45-16(3)28(41)42)23(38)20(12-35)46-27/h5-9,14-16,19-20,22-24,27,35,38H,10-13,30H2,1-4H3,(H2,31,39)(H,32,37)(H,33,40)(H,41,42)/t14-,15-,16+,19+,20+,22+,23+,24+,27?/m0/s1. The molecule has 1 heterocycles. The van der Waals surface area contributed by atoms with Gasteiger partial charge in [0, 0.05) is 13.3 Å². The number of aliphatic carboxylic acids is 1. The van der Waals surface area contributed by atoms with E-state index in [4.69, 9.17) is 25.7 Å². The van der Waals surface area contributed by atoms with Gasteiger partial charge in [-0.2, -0.15) is 0 Å². The van der Waals surface area contributed by atoms with Gasteiger partial charge in [-0.3, -0.25) is 19.2 Å². The summed E-state index contributed by atoms with van der Waals surface area (Å²) >= 11 is 0. The first-order chi connectivity index (χ1) is 21.6. The fourth-order valence-electron chi connectivity index (χ4n) is 4.70. The number of nitrogens with one attached hydrogen (secondary N) is 2. The second-order valence-electron chi connectivity index (χ2n) is 10.9. The van der Waals surface area contributed by atoms with Gasteiger partial charge in [0.05, 0.1) is 12.6 Å². The number of aliphatic hydroxyl groups is 2. The second kappa shape index (κ2) is 17.5. The van der Waals surface area contributed by atoms with Crippen molar-refractivity contribution >= 4 is 35.6 Å². The molecule has 0 aromatic heterocycles. The number of hydrogen-bond donors (Lipinski definition) is 7. The number of esters is 1. The molecule has 2 rings (SSSR count). The van der Waals surface area contributed by atoms with E-state index in [1.807, 2.05) is 6.07 Å². The quantitative estimate of drug-likeness (QED) is 0.0910. The van der Waals surface area contributed by atoms with Gasteiger partial charge in [0.15, 0.2) is 12.3 Å². The molecular weight excluding hydrogens is 610 g/mol. The molecule has 1 aliphatic rings. The van der Waals surface area contributed by atoms with Crippen molar-refractivity contribution in [3.8, 4) is 0 Å². The van der Waals surface area contributed by atoms with Gasteiger partial charge in [-0.25, -0.2) is 9.59 Å². The lowest BCUT2D eigenvalue weighted by molar-refractivity contribution is -0.245. The SMILES string of the molecule is CC(=O)N(C1O[C@H](CO)[C@@H](O)[C@H](O[C@H](C)C(=O)O)[C@H]1N)[C@@H](C)C(=O)N[C@H](CCC(=O)N[C@@H](C)C(=O)OCc1ccccc1)C(N)=O. The Balaban J connectivity index is 2.05. The Morgan fingerprint density at radius 1 is 1.07 bits per heavy atom. The first-order valence-corrected chi connectivity index (χ1v) is 14.6. The van der Waals surface area contributed by atoms with Crippen molar-refractivity contribution in [2.75, 3.05) is 6.61 Å². The molecule has 1 aromatic carbocycles. The summed E-state index contributed by atoms with van der Waals surface area (Å²) in [4.78, 5) is 75.1. The summed E-state index contributed by atoms with van der Waals surface area (Å²) in [6.45, 7) is 4.26. The van der Waals surface area contributed by atoms with Gasteiger partial charge in [0.25, 0.3) is 0 Å². The molecule has 0 bridgehead atoms. The Morgan fingerprint density at radius 2 is 1.70 bits per heavy atom. The monoisotopic (exact) mass is 653 g/mol. The minimum absolute atomic E-state index is 0.0122. The van der Waals surface area contributed by atoms with Crippen molar-refractivity contribution < 1.29 is 58.3 Å². The molecule has 1 aliphatic heterocycles. The molecule has 1 fully saturated rings. The van der Waals surface area contributed by atoms with Crippen LogP contribution < -0.4 is 22.1 Å². The van der Waals surface area contributed by atoms with Gasteiger partial charge in [0.2, 0.25) is 23.6 Å². The smallest absolute Gasteiger partial charge is 0.332 e. The number of carbonyl (C=O) groups excluding carboxylic acids is 5. The Bertz CT molecular complexity index is 1230. The Morgan fingerprint density at radius 3 is 2.24 bits per heavy atom. The van der Waals surface area contributed by atoms with E-state index in [9.17, 15) is 44.1 Å². The lowest BCUT2D eigenvalue weighted by Crippen LogP contribution is -2.70. The van der Waals surface area contributed by atoms with Crippen LogP contribution in [0, 0.1) is 0 Å². The zero-order chi connectivity index (χ0) is 34.7. The molecule has 17 heteroatoms. The number of hydrogen-bond acceptors (Lipinski definition) is 12. The number of carboxylic acids is 1. The average molecular weight is 654 g/mol. The van der Waals surface area contributed by atoms with E-state index in [1.54, 1.807) is 24.3 Å². The van der Waals surface area contributed by atoms with Crippen LogP contribution in [-0.4, -0.2) is 117 Å². The Labute approximate surface area is 265 Å². The van der Waals surface area contributed by atoms with Crippen LogP contribution in [-0.2, 0) is 49.6 Å². The van der Waals surface area contributed by atoms with E-state index < -0.39 is 97.0 Å². The lowest BCUT2D eigenvalue weighted by Gasteiger charge is -2.48. The molecule has 46 heavy (non-hydrogen) atoms. The molecule has 0 radical (unpaired) electrons. The maximum absolute atomic E-state index is 13.2. The summed E-state index contributed by atoms with van der Waals surface area (Å²) in [5, 5.41) is 34.4. The predicted molar refractivity (Wildman–Crippen MR) is 158 cm³/mol. The zero-order valence-electron chi connectivity index (χ0n) is 26.0. The van der Waals surface area contributed by atoms with E-state index in [0.29, 0.717) is 0 Å². The molecule has 9 atom stereocenters. The van der Waals surface area contributed by atoms with E-state index in [0.717, 1.165) is 17.4 Å². The summed E-state index contributed by atoms with van der Waals surface area (Å²) in [5.41, 5.74) is 12.4. The van der Waals surface area contributed by atoms with Crippen LogP contribution in [0.2, 0.25) is 0 Å². The summed E-state index contributed by atoms with van der Waals surface area (Å²) < 4.78 is 16.2. The summed E-state index contributed by atoms with van der Waals surface area (Å²) in [5.74, 6) is -5.27. The number of primary amides is 1. The van der Waals surface area contributed by atoms with E-state index in [1.165, 1.54) is 20.8 Å². The number of carbonyl (C=O) groups is 6. The molecule has 1 aromatic rings. The Hall–Kier alpha value is -4.16. The molecule has 1 unspecified atom stereocenters. The molecule has 0 saturated carbocycles. The molecule has 0 aliphatic carbocycles. The highest BCUT2D eigenvalue weighted by molar-refractivity contribution is 5.91. The van der Waals surface area contributed by atoms with Gasteiger partial charge in [-0.15, -0.1) is 0 Å². The van der Waals surface area contributed by atoms with Gasteiger partial charge in [-0.05, 0) is 32.8 Å². The fraction of sp³-hybridized carbons (Fsp3) is 0.586. The third kappa shape index (κ3) is 10.4. The van der Waals surface area contributed by atoms with Gasteiger partial charge in [-0.1, -0.05) is 30.3 Å². The summed E-state index contributed by atoms with van der Waals surface area (Å²) in [6.07, 6.45) is -7.83. The number of nitrogens with zero attached hydrogens (tertiary/aromatic N) is 1. The van der Waals surface area contributed by atoms with Crippen LogP contribution in [0.4, 0.5) is 0 Å². The topological polar surface area (TPSA) is 270 Å². The minimum atomic E-state index is -1.57. The van der Waals surface area contributed by atoms with Crippen molar-refractivity contribution in [3.05, 3.63) is 35.9 Å². The Kier molecular flexibility index (Phi) is 14.5. The number of benzene rings is 1. The van der Waals surface area contributed by atoms with Crippen molar-refractivity contribution in [3.63, 3.8) is 0 Å². The number of carboxylic acid groups (broad SMARTS) is 1. The van der Waals surface area contributed by atoms with E-state index in [-0.39, 0.29) is 19.4 Å². The van der Waals surface area contributed by atoms with Gasteiger partial charge >= 0.3 is 11.9 Å². The molecule has 1 saturated heterocycles. The van der Waals surface area contributed by atoms with Crippen LogP contribution >= 0.6 is 0 Å². The first-order valence-electron chi connectivity index (χ1n) is 14.6. The third-order valence-electron chi connectivity index (χ3n) is 7.34. The summed E-state index contributed by atoms with van der Waals surface area (Å²) in [6, 6.07) is 3.79. The molecule has 4 amide bonds. The van der Waals surface area contributed by atoms with Crippen molar-refractivity contribution in [1.29, 1.82) is 0 Å². The molecule has 0 spiro atoms. The van der Waals surface area contributed by atoms with Crippen molar-refractivity contribution in [2.24, 2.45) is 11.5 Å². The van der Waals surface area contributed by atoms with Crippen LogP contribution in [0.25, 0.3) is 0 Å². The van der Waals surface area contributed by atoms with E-state index in [2.05, 4.69) is 10.6 Å². The number of aliphatic hydroxyl groups excluding tert-OH is 2.